The zero-order valence-electron chi connectivity index (χ0n) is 8.29. The minimum absolute atomic E-state index is 0.183. The van der Waals surface area contributed by atoms with E-state index in [4.69, 9.17) is 0 Å². The largest absolute Gasteiger partial charge is 0.303 e. The molecule has 0 aliphatic heterocycles. The summed E-state index contributed by atoms with van der Waals surface area (Å²) in [6, 6.07) is 0. The van der Waals surface area contributed by atoms with Crippen LogP contribution in [0.4, 0.5) is 8.78 Å². The third-order valence-electron chi connectivity index (χ3n) is 1.20. The Kier molecular flexibility index (Phi) is 4.83. The van der Waals surface area contributed by atoms with Gasteiger partial charge in [-0.3, -0.25) is 4.79 Å². The van der Waals surface area contributed by atoms with Crippen molar-refractivity contribution in [2.24, 2.45) is 0 Å². The van der Waals surface area contributed by atoms with Crippen molar-refractivity contribution in [1.82, 2.24) is 9.97 Å². The number of aldehydes is 1. The number of hydrogen-bond acceptors (Lipinski definition) is 3. The molecule has 0 spiro atoms. The van der Waals surface area contributed by atoms with E-state index in [0.29, 0.717) is 13.2 Å². The lowest BCUT2D eigenvalue weighted by atomic mass is 10.3. The van der Waals surface area contributed by atoms with Gasteiger partial charge in [-0.2, -0.15) is 8.78 Å². The van der Waals surface area contributed by atoms with Gasteiger partial charge in [0.15, 0.2) is 12.1 Å². The molecule has 0 aromatic carbocycles. The molecule has 5 heteroatoms. The topological polar surface area (TPSA) is 42.9 Å². The Morgan fingerprint density at radius 2 is 1.71 bits per heavy atom. The molecule has 1 rings (SSSR count). The molecule has 0 aliphatic rings. The molecule has 14 heavy (non-hydrogen) atoms. The highest BCUT2D eigenvalue weighted by molar-refractivity contribution is 5.73. The minimum atomic E-state index is -3.05. The van der Waals surface area contributed by atoms with Crippen LogP contribution in [0.25, 0.3) is 0 Å². The zero-order valence-corrected chi connectivity index (χ0v) is 8.29. The maximum atomic E-state index is 12.5. The van der Waals surface area contributed by atoms with Gasteiger partial charge < -0.3 is 0 Å². The molecule has 0 atom stereocenters. The summed E-state index contributed by atoms with van der Waals surface area (Å²) < 4.78 is 25.0. The lowest BCUT2D eigenvalue weighted by Gasteiger charge is -2.06. The predicted octanol–water partition coefficient (Wildman–Crippen LogP) is 2.43. The molecule has 3 nitrogen and oxygen atoms in total. The van der Waals surface area contributed by atoms with Gasteiger partial charge in [0.2, 0.25) is 0 Å². The first-order valence-corrected chi connectivity index (χ1v) is 4.19. The van der Waals surface area contributed by atoms with E-state index in [1.807, 2.05) is 13.8 Å². The van der Waals surface area contributed by atoms with Crippen molar-refractivity contribution in [1.29, 1.82) is 0 Å². The molecule has 0 bridgehead atoms. The second-order valence-electron chi connectivity index (χ2n) is 2.35. The van der Waals surface area contributed by atoms with E-state index in [-0.39, 0.29) is 5.56 Å². The summed E-state index contributed by atoms with van der Waals surface area (Å²) in [6.07, 6.45) is 2.62. The van der Waals surface area contributed by atoms with Crippen LogP contribution in [-0.4, -0.2) is 16.3 Å². The molecule has 0 N–H and O–H groups in total. The third-order valence-corrected chi connectivity index (χ3v) is 1.20. The van der Waals surface area contributed by atoms with Gasteiger partial charge in [0, 0.05) is 19.3 Å². The average Bonchev–Trinajstić information content (AvgIpc) is 2.20. The van der Waals surface area contributed by atoms with Crippen molar-refractivity contribution in [2.75, 3.05) is 0 Å². The average molecular weight is 202 g/mol. The number of aromatic nitrogens is 2. The Morgan fingerprint density at radius 1 is 1.29 bits per heavy atom. The van der Waals surface area contributed by atoms with Crippen molar-refractivity contribution < 1.29 is 13.6 Å². The molecule has 1 aromatic rings. The molecule has 0 amide bonds. The Labute approximate surface area is 81.2 Å². The summed E-state index contributed by atoms with van der Waals surface area (Å²) >= 11 is 0. The fourth-order valence-electron chi connectivity index (χ4n) is 0.626. The number of nitrogens with zero attached hydrogens (tertiary/aromatic N) is 2. The van der Waals surface area contributed by atoms with E-state index in [1.54, 1.807) is 0 Å². The van der Waals surface area contributed by atoms with E-state index < -0.39 is 11.7 Å². The third kappa shape index (κ3) is 3.55. The summed E-state index contributed by atoms with van der Waals surface area (Å²) in [6.45, 7) is 4.70. The monoisotopic (exact) mass is 202 g/mol. The van der Waals surface area contributed by atoms with Gasteiger partial charge in [-0.15, -0.1) is 0 Å². The van der Waals surface area contributed by atoms with E-state index in [2.05, 4.69) is 9.97 Å². The van der Waals surface area contributed by atoms with Gasteiger partial charge in [-0.05, 0) is 0 Å². The first-order valence-electron chi connectivity index (χ1n) is 4.19. The van der Waals surface area contributed by atoms with Crippen LogP contribution in [0.1, 0.15) is 37.0 Å². The number of halogens is 2. The predicted molar refractivity (Wildman–Crippen MR) is 48.3 cm³/mol. The van der Waals surface area contributed by atoms with Crippen molar-refractivity contribution in [3.63, 3.8) is 0 Å². The lowest BCUT2D eigenvalue weighted by molar-refractivity contribution is 0.00761. The van der Waals surface area contributed by atoms with Crippen LogP contribution in [0.15, 0.2) is 12.4 Å². The van der Waals surface area contributed by atoms with Crippen LogP contribution in [0.2, 0.25) is 0 Å². The van der Waals surface area contributed by atoms with Crippen LogP contribution in [-0.2, 0) is 5.92 Å². The first kappa shape index (κ1) is 12.6. The fraction of sp³-hybridized carbons (Fsp3) is 0.444. The molecule has 0 fully saturated rings. The highest BCUT2D eigenvalue weighted by atomic mass is 19.3. The Bertz CT molecular complexity index is 280. The smallest absolute Gasteiger partial charge is 0.298 e. The summed E-state index contributed by atoms with van der Waals surface area (Å²) in [5, 5.41) is 0. The molecule has 0 saturated carbocycles. The number of carbonyl (C=O) groups excluding carboxylic acids is 1. The maximum absolute atomic E-state index is 12.5. The van der Waals surface area contributed by atoms with Crippen LogP contribution in [0.3, 0.4) is 0 Å². The van der Waals surface area contributed by atoms with Crippen LogP contribution in [0, 0.1) is 0 Å². The molecular formula is C9H12F2N2O. The lowest BCUT2D eigenvalue weighted by Crippen LogP contribution is -2.12. The highest BCUT2D eigenvalue weighted by Crippen LogP contribution is 2.22. The van der Waals surface area contributed by atoms with Gasteiger partial charge in [0.25, 0.3) is 0 Å². The Balaban J connectivity index is 0.000000791. The van der Waals surface area contributed by atoms with Crippen LogP contribution < -0.4 is 0 Å². The SMILES string of the molecule is CC.CC(F)(F)c1ncc(C=O)cn1. The van der Waals surface area contributed by atoms with Gasteiger partial charge in [-0.1, -0.05) is 13.8 Å². The van der Waals surface area contributed by atoms with Crippen molar-refractivity contribution in [3.8, 4) is 0 Å². The summed E-state index contributed by atoms with van der Waals surface area (Å²) in [4.78, 5) is 16.8. The van der Waals surface area contributed by atoms with Gasteiger partial charge >= 0.3 is 5.92 Å². The van der Waals surface area contributed by atoms with E-state index >= 15 is 0 Å². The second-order valence-corrected chi connectivity index (χ2v) is 2.35. The van der Waals surface area contributed by atoms with Gasteiger partial charge in [-0.25, -0.2) is 9.97 Å². The molecule has 0 unspecified atom stereocenters. The van der Waals surface area contributed by atoms with Crippen LogP contribution >= 0.6 is 0 Å². The quantitative estimate of drug-likeness (QED) is 0.691. The van der Waals surface area contributed by atoms with Crippen molar-refractivity contribution in [2.45, 2.75) is 26.7 Å². The van der Waals surface area contributed by atoms with Gasteiger partial charge in [0.1, 0.15) is 0 Å². The van der Waals surface area contributed by atoms with Crippen LogP contribution in [0.5, 0.6) is 0 Å². The van der Waals surface area contributed by atoms with E-state index in [0.717, 1.165) is 12.4 Å². The standard InChI is InChI=1S/C7H6F2N2O.C2H6/c1-7(8,9)6-10-2-5(4-12)3-11-6;1-2/h2-4H,1H3;1-2H3. The fourth-order valence-corrected chi connectivity index (χ4v) is 0.626. The molecule has 0 saturated heterocycles. The molecule has 0 aliphatic carbocycles. The normalized spacial score (nSPS) is 10.1. The van der Waals surface area contributed by atoms with E-state index in [9.17, 15) is 13.6 Å². The van der Waals surface area contributed by atoms with Crippen molar-refractivity contribution in [3.05, 3.63) is 23.8 Å². The highest BCUT2D eigenvalue weighted by Gasteiger charge is 2.27. The summed E-state index contributed by atoms with van der Waals surface area (Å²) in [5.74, 6) is -3.63. The molecule has 1 aromatic heterocycles. The van der Waals surface area contributed by atoms with Gasteiger partial charge in [0.05, 0.1) is 5.56 Å². The Hall–Kier alpha value is -1.39. The minimum Gasteiger partial charge on any atom is -0.298 e. The number of rotatable bonds is 2. The van der Waals surface area contributed by atoms with E-state index in [1.165, 1.54) is 0 Å². The summed E-state index contributed by atoms with van der Waals surface area (Å²) in [7, 11) is 0. The number of hydrogen-bond donors (Lipinski definition) is 0. The Morgan fingerprint density at radius 3 is 2.00 bits per heavy atom. The zero-order chi connectivity index (χ0) is 11.2. The summed E-state index contributed by atoms with van der Waals surface area (Å²) in [5.41, 5.74) is 0.183. The second kappa shape index (κ2) is 5.36. The number of carbonyl (C=O) groups is 1. The molecule has 78 valence electrons. The first-order chi connectivity index (χ1) is 6.54. The molecule has 0 radical (unpaired) electrons. The molecule has 1 heterocycles. The number of alkyl halides is 2. The van der Waals surface area contributed by atoms with Crippen molar-refractivity contribution >= 4 is 6.29 Å². The molecular weight excluding hydrogens is 190 g/mol. The maximum Gasteiger partial charge on any atom is 0.303 e.